The molecule has 4 heteroatoms. The maximum atomic E-state index is 10.4. The van der Waals surface area contributed by atoms with Crippen molar-refractivity contribution in [2.24, 2.45) is 5.41 Å². The van der Waals surface area contributed by atoms with E-state index in [0.29, 0.717) is 6.54 Å². The van der Waals surface area contributed by atoms with Crippen LogP contribution in [0, 0.1) is 5.41 Å². The first kappa shape index (κ1) is 9.39. The zero-order chi connectivity index (χ0) is 8.20. The monoisotopic (exact) mass is 147 g/mol. The van der Waals surface area contributed by atoms with Gasteiger partial charge in [0.15, 0.2) is 0 Å². The molecule has 0 saturated carbocycles. The van der Waals surface area contributed by atoms with Crippen molar-refractivity contribution in [3.05, 3.63) is 0 Å². The fourth-order valence-electron chi connectivity index (χ4n) is 0.328. The molecule has 60 valence electrons. The Morgan fingerprint density at radius 2 is 2.20 bits per heavy atom. The summed E-state index contributed by atoms with van der Waals surface area (Å²) >= 11 is 0. The molecular formula is C6H13NO3. The predicted octanol–water partition coefficient (Wildman–Crippen LogP) is 0.248. The van der Waals surface area contributed by atoms with E-state index in [2.05, 4.69) is 10.3 Å². The first-order chi connectivity index (χ1) is 4.50. The number of aliphatic carboxylic acids is 1. The fraction of sp³-hybridized carbons (Fsp3) is 0.833. The average molecular weight is 147 g/mol. The topological polar surface area (TPSA) is 58.6 Å². The molecule has 0 atom stereocenters. The van der Waals surface area contributed by atoms with Crippen LogP contribution >= 0.6 is 0 Å². The normalized spacial score (nSPS) is 11.5. The van der Waals surface area contributed by atoms with Crippen LogP contribution in [0.25, 0.3) is 0 Å². The van der Waals surface area contributed by atoms with Crippen molar-refractivity contribution < 1.29 is 14.7 Å². The van der Waals surface area contributed by atoms with Gasteiger partial charge in [-0.3, -0.25) is 4.79 Å². The van der Waals surface area contributed by atoms with E-state index in [1.165, 1.54) is 7.11 Å². The van der Waals surface area contributed by atoms with Gasteiger partial charge in [-0.25, -0.2) is 5.48 Å². The van der Waals surface area contributed by atoms with Gasteiger partial charge in [-0.2, -0.15) is 0 Å². The fourth-order valence-corrected chi connectivity index (χ4v) is 0.328. The van der Waals surface area contributed by atoms with Crippen LogP contribution < -0.4 is 5.48 Å². The van der Waals surface area contributed by atoms with Crippen LogP contribution in [0.5, 0.6) is 0 Å². The Morgan fingerprint density at radius 3 is 2.50 bits per heavy atom. The molecule has 0 aliphatic heterocycles. The Bertz CT molecular complexity index is 122. The minimum atomic E-state index is -0.836. The van der Waals surface area contributed by atoms with E-state index >= 15 is 0 Å². The first-order valence-corrected chi connectivity index (χ1v) is 3.00. The third-order valence-corrected chi connectivity index (χ3v) is 1.24. The maximum absolute atomic E-state index is 10.4. The van der Waals surface area contributed by atoms with Gasteiger partial charge in [0.25, 0.3) is 0 Å². The van der Waals surface area contributed by atoms with E-state index in [9.17, 15) is 4.79 Å². The second-order valence-corrected chi connectivity index (χ2v) is 2.71. The standard InChI is InChI=1S/C6H13NO3/c1-6(2,5(8)9)4-7-10-3/h7H,4H2,1-3H3,(H,8,9). The number of carbonyl (C=O) groups is 1. The molecule has 0 aromatic heterocycles. The molecule has 0 aliphatic carbocycles. The van der Waals surface area contributed by atoms with E-state index in [1.54, 1.807) is 13.8 Å². The number of hydrogen-bond donors (Lipinski definition) is 2. The van der Waals surface area contributed by atoms with E-state index in [-0.39, 0.29) is 0 Å². The van der Waals surface area contributed by atoms with Crippen molar-refractivity contribution in [2.45, 2.75) is 13.8 Å². The van der Waals surface area contributed by atoms with E-state index in [1.807, 2.05) is 0 Å². The average Bonchev–Trinajstić information content (AvgIpc) is 1.84. The lowest BCUT2D eigenvalue weighted by atomic mass is 9.94. The van der Waals surface area contributed by atoms with Crippen LogP contribution in [0.1, 0.15) is 13.8 Å². The summed E-state index contributed by atoms with van der Waals surface area (Å²) in [6.07, 6.45) is 0. The van der Waals surface area contributed by atoms with E-state index in [4.69, 9.17) is 5.11 Å². The molecular weight excluding hydrogens is 134 g/mol. The molecule has 0 unspecified atom stereocenters. The second kappa shape index (κ2) is 3.53. The number of hydrogen-bond acceptors (Lipinski definition) is 3. The zero-order valence-electron chi connectivity index (χ0n) is 6.47. The lowest BCUT2D eigenvalue weighted by Crippen LogP contribution is -2.35. The predicted molar refractivity (Wildman–Crippen MR) is 36.4 cm³/mol. The lowest BCUT2D eigenvalue weighted by molar-refractivity contribution is -0.147. The minimum Gasteiger partial charge on any atom is -0.481 e. The zero-order valence-corrected chi connectivity index (χ0v) is 6.47. The quantitative estimate of drug-likeness (QED) is 0.559. The first-order valence-electron chi connectivity index (χ1n) is 3.00. The largest absolute Gasteiger partial charge is 0.481 e. The van der Waals surface area contributed by atoms with Gasteiger partial charge in [-0.1, -0.05) is 0 Å². The molecule has 0 radical (unpaired) electrons. The maximum Gasteiger partial charge on any atom is 0.310 e. The molecule has 0 bridgehead atoms. The van der Waals surface area contributed by atoms with Crippen LogP contribution in [-0.2, 0) is 9.63 Å². The lowest BCUT2D eigenvalue weighted by Gasteiger charge is -2.17. The molecule has 0 fully saturated rings. The van der Waals surface area contributed by atoms with Crippen LogP contribution in [0.3, 0.4) is 0 Å². The summed E-state index contributed by atoms with van der Waals surface area (Å²) in [7, 11) is 1.46. The van der Waals surface area contributed by atoms with Gasteiger partial charge in [0.1, 0.15) is 0 Å². The third-order valence-electron chi connectivity index (χ3n) is 1.24. The molecule has 0 rings (SSSR count). The van der Waals surface area contributed by atoms with Crippen LogP contribution in [-0.4, -0.2) is 24.7 Å². The summed E-state index contributed by atoms with van der Waals surface area (Å²) < 4.78 is 0. The number of nitrogens with one attached hydrogen (secondary N) is 1. The van der Waals surface area contributed by atoms with Crippen molar-refractivity contribution in [3.63, 3.8) is 0 Å². The van der Waals surface area contributed by atoms with Crippen molar-refractivity contribution in [3.8, 4) is 0 Å². The highest BCUT2D eigenvalue weighted by Gasteiger charge is 2.26. The number of carboxylic acid groups (broad SMARTS) is 1. The number of carboxylic acids is 1. The highest BCUT2D eigenvalue weighted by molar-refractivity contribution is 5.73. The van der Waals surface area contributed by atoms with Crippen molar-refractivity contribution in [1.82, 2.24) is 5.48 Å². The van der Waals surface area contributed by atoms with Crippen LogP contribution in [0.15, 0.2) is 0 Å². The summed E-state index contributed by atoms with van der Waals surface area (Å²) in [6, 6.07) is 0. The van der Waals surface area contributed by atoms with Gasteiger partial charge in [0.05, 0.1) is 12.5 Å². The smallest absolute Gasteiger partial charge is 0.310 e. The second-order valence-electron chi connectivity index (χ2n) is 2.71. The summed E-state index contributed by atoms with van der Waals surface area (Å²) in [5.41, 5.74) is 1.72. The van der Waals surface area contributed by atoms with Gasteiger partial charge in [0.2, 0.25) is 0 Å². The molecule has 4 nitrogen and oxygen atoms in total. The molecule has 0 aromatic carbocycles. The summed E-state index contributed by atoms with van der Waals surface area (Å²) in [6.45, 7) is 3.56. The highest BCUT2D eigenvalue weighted by atomic mass is 16.6. The molecule has 10 heavy (non-hydrogen) atoms. The van der Waals surface area contributed by atoms with Gasteiger partial charge in [0, 0.05) is 6.54 Å². The Balaban J connectivity index is 3.75. The van der Waals surface area contributed by atoms with Gasteiger partial charge in [-0.15, -0.1) is 0 Å². The number of hydroxylamine groups is 1. The molecule has 0 heterocycles. The highest BCUT2D eigenvalue weighted by Crippen LogP contribution is 2.12. The van der Waals surface area contributed by atoms with Crippen molar-refractivity contribution in [1.29, 1.82) is 0 Å². The van der Waals surface area contributed by atoms with Gasteiger partial charge in [-0.05, 0) is 13.8 Å². The Morgan fingerprint density at radius 1 is 1.70 bits per heavy atom. The summed E-state index contributed by atoms with van der Waals surface area (Å²) in [5.74, 6) is -0.836. The molecule has 0 amide bonds. The Labute approximate surface area is 60.1 Å². The van der Waals surface area contributed by atoms with Crippen LogP contribution in [0.2, 0.25) is 0 Å². The van der Waals surface area contributed by atoms with Crippen molar-refractivity contribution >= 4 is 5.97 Å². The number of rotatable bonds is 4. The minimum absolute atomic E-state index is 0.304. The van der Waals surface area contributed by atoms with Gasteiger partial charge >= 0.3 is 5.97 Å². The molecule has 0 spiro atoms. The third kappa shape index (κ3) is 2.80. The van der Waals surface area contributed by atoms with E-state index < -0.39 is 11.4 Å². The molecule has 0 aliphatic rings. The van der Waals surface area contributed by atoms with E-state index in [0.717, 1.165) is 0 Å². The summed E-state index contributed by atoms with van der Waals surface area (Å²) in [5, 5.41) is 8.57. The van der Waals surface area contributed by atoms with Gasteiger partial charge < -0.3 is 9.94 Å². The Hall–Kier alpha value is -0.610. The molecule has 2 N–H and O–H groups in total. The molecule has 0 aromatic rings. The Kier molecular flexibility index (Phi) is 3.32. The van der Waals surface area contributed by atoms with Crippen molar-refractivity contribution in [2.75, 3.05) is 13.7 Å². The van der Waals surface area contributed by atoms with Crippen LogP contribution in [0.4, 0.5) is 0 Å². The summed E-state index contributed by atoms with van der Waals surface area (Å²) in [4.78, 5) is 14.9. The molecule has 0 saturated heterocycles. The SMILES string of the molecule is CONCC(C)(C)C(=O)O.